The van der Waals surface area contributed by atoms with E-state index in [1.54, 1.807) is 0 Å². The van der Waals surface area contributed by atoms with Crippen LogP contribution >= 0.6 is 0 Å². The molecule has 0 aliphatic carbocycles. The van der Waals surface area contributed by atoms with E-state index in [0.717, 1.165) is 17.9 Å². The van der Waals surface area contributed by atoms with E-state index in [9.17, 15) is 0 Å². The van der Waals surface area contributed by atoms with E-state index in [-0.39, 0.29) is 0 Å². The molecule has 0 aliphatic rings. The van der Waals surface area contributed by atoms with E-state index in [4.69, 9.17) is 9.78 Å². The molecular weight excluding hydrogens is 320 g/mol. The number of aryl methyl sites for hydroxylation is 1. The smallest absolute Gasteiger partial charge is 0.181 e. The van der Waals surface area contributed by atoms with Crippen molar-refractivity contribution in [3.63, 3.8) is 0 Å². The molecule has 0 radical (unpaired) electrons. The quantitative estimate of drug-likeness (QED) is 0.198. The molecule has 0 amide bonds. The monoisotopic (exact) mass is 354 g/mol. The highest BCUT2D eigenvalue weighted by molar-refractivity contribution is 5.33. The first kappa shape index (κ1) is 20.4. The van der Waals surface area contributed by atoms with Gasteiger partial charge in [-0.1, -0.05) is 101 Å². The van der Waals surface area contributed by atoms with Gasteiger partial charge in [0.25, 0.3) is 0 Å². The maximum absolute atomic E-state index is 5.57. The molecule has 0 atom stereocenters. The topological polar surface area (TPSA) is 18.5 Å². The minimum Gasteiger partial charge on any atom is -0.290 e. The number of para-hydroxylation sites is 2. The van der Waals surface area contributed by atoms with Crippen molar-refractivity contribution >= 4 is 0 Å². The lowest BCUT2D eigenvalue weighted by Gasteiger charge is -2.10. The van der Waals surface area contributed by atoms with Gasteiger partial charge in [0.1, 0.15) is 0 Å². The molecule has 0 N–H and O–H groups in total. The zero-order valence-corrected chi connectivity index (χ0v) is 16.3. The zero-order valence-electron chi connectivity index (χ0n) is 16.3. The molecule has 2 heteroatoms. The van der Waals surface area contributed by atoms with Crippen LogP contribution in [0.4, 0.5) is 0 Å². The van der Waals surface area contributed by atoms with Gasteiger partial charge in [0.15, 0.2) is 11.5 Å². The van der Waals surface area contributed by atoms with Crippen molar-refractivity contribution in [1.29, 1.82) is 0 Å². The van der Waals surface area contributed by atoms with E-state index >= 15 is 0 Å². The van der Waals surface area contributed by atoms with E-state index in [0.29, 0.717) is 0 Å². The van der Waals surface area contributed by atoms with Gasteiger partial charge in [-0.05, 0) is 36.6 Å². The summed E-state index contributed by atoms with van der Waals surface area (Å²) in [7, 11) is 0. The van der Waals surface area contributed by atoms with Crippen LogP contribution in [0.2, 0.25) is 0 Å². The third kappa shape index (κ3) is 8.42. The number of hydrogen-bond donors (Lipinski definition) is 0. The molecule has 26 heavy (non-hydrogen) atoms. The Morgan fingerprint density at radius 2 is 1.15 bits per heavy atom. The highest BCUT2D eigenvalue weighted by atomic mass is 17.2. The van der Waals surface area contributed by atoms with Crippen LogP contribution in [-0.4, -0.2) is 0 Å². The SMILES string of the molecule is CCCCCCCCCCCCc1ccccc1OOc1ccccc1. The molecule has 2 nitrogen and oxygen atoms in total. The number of rotatable bonds is 14. The third-order valence-corrected chi connectivity index (χ3v) is 4.74. The molecule has 0 saturated heterocycles. The summed E-state index contributed by atoms with van der Waals surface area (Å²) >= 11 is 0. The summed E-state index contributed by atoms with van der Waals surface area (Å²) in [6.45, 7) is 2.27. The van der Waals surface area contributed by atoms with Crippen LogP contribution in [0.25, 0.3) is 0 Å². The van der Waals surface area contributed by atoms with Crippen LogP contribution in [0, 0.1) is 0 Å². The second-order valence-electron chi connectivity index (χ2n) is 7.02. The largest absolute Gasteiger partial charge is 0.290 e. The molecule has 0 saturated carbocycles. The molecule has 0 fully saturated rings. The lowest BCUT2D eigenvalue weighted by molar-refractivity contribution is -0.101. The molecular formula is C24H34O2. The predicted octanol–water partition coefficient (Wildman–Crippen LogP) is 7.52. The average Bonchev–Trinajstić information content (AvgIpc) is 2.69. The fourth-order valence-corrected chi connectivity index (χ4v) is 3.16. The average molecular weight is 355 g/mol. The zero-order chi connectivity index (χ0) is 18.3. The van der Waals surface area contributed by atoms with Crippen LogP contribution in [0.3, 0.4) is 0 Å². The first-order chi connectivity index (χ1) is 12.9. The maximum atomic E-state index is 5.57. The Bertz CT molecular complexity index is 580. The molecule has 0 spiro atoms. The van der Waals surface area contributed by atoms with Crippen LogP contribution < -0.4 is 9.78 Å². The van der Waals surface area contributed by atoms with Gasteiger partial charge in [0.2, 0.25) is 0 Å². The van der Waals surface area contributed by atoms with Crippen molar-refractivity contribution < 1.29 is 9.78 Å². The minimum absolute atomic E-state index is 0.723. The van der Waals surface area contributed by atoms with Crippen LogP contribution in [0.1, 0.15) is 76.7 Å². The third-order valence-electron chi connectivity index (χ3n) is 4.74. The van der Waals surface area contributed by atoms with Gasteiger partial charge in [0, 0.05) is 0 Å². The fraction of sp³-hybridized carbons (Fsp3) is 0.500. The summed E-state index contributed by atoms with van der Waals surface area (Å²) < 4.78 is 0. The maximum Gasteiger partial charge on any atom is 0.181 e. The molecule has 0 aromatic heterocycles. The van der Waals surface area contributed by atoms with E-state index < -0.39 is 0 Å². The summed E-state index contributed by atoms with van der Waals surface area (Å²) in [6, 6.07) is 17.8. The highest BCUT2D eigenvalue weighted by Crippen LogP contribution is 2.22. The Balaban J connectivity index is 1.60. The molecule has 142 valence electrons. The van der Waals surface area contributed by atoms with Crippen molar-refractivity contribution in [3.05, 3.63) is 60.2 Å². The Kier molecular flexibility index (Phi) is 10.4. The minimum atomic E-state index is 0.723. The lowest BCUT2D eigenvalue weighted by Crippen LogP contribution is -2.03. The summed E-state index contributed by atoms with van der Waals surface area (Å²) in [4.78, 5) is 11.0. The fourth-order valence-electron chi connectivity index (χ4n) is 3.16. The Morgan fingerprint density at radius 1 is 0.577 bits per heavy atom. The summed E-state index contributed by atoms with van der Waals surface area (Å²) in [6.07, 6.45) is 14.6. The Hall–Kier alpha value is -1.96. The van der Waals surface area contributed by atoms with Gasteiger partial charge in [0.05, 0.1) is 0 Å². The molecule has 0 heterocycles. The van der Waals surface area contributed by atoms with Gasteiger partial charge < -0.3 is 0 Å². The van der Waals surface area contributed by atoms with Crippen molar-refractivity contribution in [2.24, 2.45) is 0 Å². The highest BCUT2D eigenvalue weighted by Gasteiger charge is 2.05. The summed E-state index contributed by atoms with van der Waals surface area (Å²) in [5.74, 6) is 1.55. The van der Waals surface area contributed by atoms with Gasteiger partial charge in [-0.15, -0.1) is 0 Å². The van der Waals surface area contributed by atoms with Gasteiger partial charge in [-0.2, -0.15) is 0 Å². The standard InChI is InChI=1S/C24H34O2/c1-2-3-4-5-6-7-8-9-10-12-17-22-18-15-16-21-24(22)26-25-23-19-13-11-14-20-23/h11,13-16,18-21H,2-10,12,17H2,1H3. The first-order valence-electron chi connectivity index (χ1n) is 10.4. The van der Waals surface area contributed by atoms with Gasteiger partial charge >= 0.3 is 0 Å². The van der Waals surface area contributed by atoms with Crippen molar-refractivity contribution in [3.8, 4) is 11.5 Å². The van der Waals surface area contributed by atoms with Gasteiger partial charge in [-0.25, -0.2) is 0 Å². The van der Waals surface area contributed by atoms with E-state index in [1.807, 2.05) is 42.5 Å². The van der Waals surface area contributed by atoms with Crippen LogP contribution in [0.15, 0.2) is 54.6 Å². The molecule has 2 aromatic carbocycles. The van der Waals surface area contributed by atoms with Crippen molar-refractivity contribution in [2.75, 3.05) is 0 Å². The Morgan fingerprint density at radius 3 is 1.85 bits per heavy atom. The summed E-state index contributed by atoms with van der Waals surface area (Å²) in [5, 5.41) is 0. The first-order valence-corrected chi connectivity index (χ1v) is 10.4. The molecule has 2 aromatic rings. The molecule has 0 bridgehead atoms. The van der Waals surface area contributed by atoms with Crippen LogP contribution in [0.5, 0.6) is 11.5 Å². The molecule has 0 aliphatic heterocycles. The number of benzene rings is 2. The number of hydrogen-bond acceptors (Lipinski definition) is 2. The summed E-state index contributed by atoms with van der Waals surface area (Å²) in [5.41, 5.74) is 1.22. The van der Waals surface area contributed by atoms with E-state index in [2.05, 4.69) is 19.1 Å². The number of unbranched alkanes of at least 4 members (excludes halogenated alkanes) is 9. The predicted molar refractivity (Wildman–Crippen MR) is 110 cm³/mol. The van der Waals surface area contributed by atoms with Gasteiger partial charge in [-0.3, -0.25) is 9.78 Å². The second-order valence-corrected chi connectivity index (χ2v) is 7.02. The van der Waals surface area contributed by atoms with Crippen molar-refractivity contribution in [2.45, 2.75) is 77.6 Å². The lowest BCUT2D eigenvalue weighted by atomic mass is 10.0. The normalized spacial score (nSPS) is 10.7. The van der Waals surface area contributed by atoms with E-state index in [1.165, 1.54) is 69.8 Å². The second kappa shape index (κ2) is 13.3. The Labute approximate surface area is 159 Å². The van der Waals surface area contributed by atoms with Crippen molar-refractivity contribution in [1.82, 2.24) is 0 Å². The molecule has 2 rings (SSSR count). The van der Waals surface area contributed by atoms with Crippen LogP contribution in [-0.2, 0) is 6.42 Å². The molecule has 0 unspecified atom stereocenters.